The molecule has 1 amide bonds. The van der Waals surface area contributed by atoms with Crippen LogP contribution in [-0.4, -0.2) is 47.6 Å². The maximum absolute atomic E-state index is 13.7. The summed E-state index contributed by atoms with van der Waals surface area (Å²) in [6.07, 6.45) is 4.68. The molecule has 1 aliphatic carbocycles. The number of carbonyl (C=O) groups excluding carboxylic acids is 1. The van der Waals surface area contributed by atoms with Crippen molar-refractivity contribution in [3.05, 3.63) is 46.4 Å². The van der Waals surface area contributed by atoms with E-state index in [0.717, 1.165) is 28.8 Å². The van der Waals surface area contributed by atoms with Gasteiger partial charge in [0, 0.05) is 50.5 Å². The number of fused-ring (bicyclic) bond motifs is 1. The number of piperidine rings is 2. The number of benzene rings is 2. The van der Waals surface area contributed by atoms with Gasteiger partial charge in [0.2, 0.25) is 5.95 Å². The molecule has 1 aromatic heterocycles. The Labute approximate surface area is 217 Å². The summed E-state index contributed by atoms with van der Waals surface area (Å²) in [5, 5.41) is 3.09. The van der Waals surface area contributed by atoms with Crippen molar-refractivity contribution in [2.24, 2.45) is 12.5 Å². The second-order valence-corrected chi connectivity index (χ2v) is 11.5. The molecule has 3 aromatic rings. The fourth-order valence-corrected chi connectivity index (χ4v) is 6.02. The minimum absolute atomic E-state index is 0.177. The Kier molecular flexibility index (Phi) is 5.74. The summed E-state index contributed by atoms with van der Waals surface area (Å²) in [7, 11) is 1.89. The molecular weight excluding hydrogens is 528 g/mol. The number of imidazole rings is 1. The molecule has 3 fully saturated rings. The molecule has 3 heterocycles. The maximum atomic E-state index is 13.7. The number of hydrogen-bond donors (Lipinski definition) is 1. The number of alkyl halides is 2. The molecule has 2 saturated heterocycles. The fourth-order valence-electron chi connectivity index (χ4n) is 5.67. The number of nitrogens with one attached hydrogen (secondary N) is 1. The average Bonchev–Trinajstić information content (AvgIpc) is 3.53. The van der Waals surface area contributed by atoms with Crippen molar-refractivity contribution in [2.45, 2.75) is 44.4 Å². The minimum atomic E-state index is -2.61. The number of hydrogen-bond acceptors (Lipinski definition) is 4. The lowest BCUT2D eigenvalue weighted by Crippen LogP contribution is -2.40. The number of aromatic nitrogens is 2. The van der Waals surface area contributed by atoms with Crippen LogP contribution in [0.1, 0.15) is 48.9 Å². The summed E-state index contributed by atoms with van der Waals surface area (Å²) < 4.78 is 30.3. The summed E-state index contributed by atoms with van der Waals surface area (Å²) in [4.78, 5) is 22.6. The highest BCUT2D eigenvalue weighted by molar-refractivity contribution is 9.10. The molecule has 190 valence electrons. The quantitative estimate of drug-likeness (QED) is 0.414. The maximum Gasteiger partial charge on any atom is 0.257 e. The van der Waals surface area contributed by atoms with Gasteiger partial charge in [-0.05, 0) is 61.4 Å². The summed E-state index contributed by atoms with van der Waals surface area (Å²) in [6, 6.07) is 11.5. The second kappa shape index (κ2) is 8.71. The van der Waals surface area contributed by atoms with Crippen LogP contribution < -0.4 is 15.1 Å². The predicted molar refractivity (Wildman–Crippen MR) is 142 cm³/mol. The van der Waals surface area contributed by atoms with E-state index >= 15 is 0 Å². The molecule has 6 rings (SSSR count). The highest BCUT2D eigenvalue weighted by atomic mass is 79.9. The van der Waals surface area contributed by atoms with Crippen molar-refractivity contribution in [2.75, 3.05) is 41.3 Å². The van der Waals surface area contributed by atoms with Gasteiger partial charge in [0.15, 0.2) is 0 Å². The highest BCUT2D eigenvalue weighted by Crippen LogP contribution is 2.54. The van der Waals surface area contributed by atoms with Gasteiger partial charge in [-0.1, -0.05) is 22.0 Å². The van der Waals surface area contributed by atoms with Crippen LogP contribution in [0.3, 0.4) is 0 Å². The zero-order valence-electron chi connectivity index (χ0n) is 20.4. The first-order valence-corrected chi connectivity index (χ1v) is 13.5. The summed E-state index contributed by atoms with van der Waals surface area (Å²) in [6.45, 7) is 2.44. The average molecular weight is 558 g/mol. The number of rotatable bonds is 4. The standard InChI is InChI=1S/C27H30BrF2N5O/c1-33-21-4-2-3-20(23(21)32-25(33)35-15-11-27(29,30)12-16-35)31-24(36)19-6-5-18(28)17-22(19)34-13-9-26(7-8-26)10-14-34/h2-6,17H,7-16H2,1H3,(H,31,36). The van der Waals surface area contributed by atoms with E-state index in [1.807, 2.05) is 52.9 Å². The Bertz CT molecular complexity index is 1320. The monoisotopic (exact) mass is 557 g/mol. The first-order chi connectivity index (χ1) is 17.2. The summed E-state index contributed by atoms with van der Waals surface area (Å²) >= 11 is 3.58. The van der Waals surface area contributed by atoms with Crippen LogP contribution >= 0.6 is 15.9 Å². The Morgan fingerprint density at radius 3 is 2.36 bits per heavy atom. The molecule has 0 unspecified atom stereocenters. The molecule has 2 aromatic carbocycles. The minimum Gasteiger partial charge on any atom is -0.371 e. The van der Waals surface area contributed by atoms with E-state index in [0.29, 0.717) is 28.1 Å². The van der Waals surface area contributed by atoms with Crippen molar-refractivity contribution < 1.29 is 13.6 Å². The zero-order valence-corrected chi connectivity index (χ0v) is 22.0. The Hall–Kier alpha value is -2.68. The molecule has 0 radical (unpaired) electrons. The number of halogens is 3. The summed E-state index contributed by atoms with van der Waals surface area (Å²) in [5.74, 6) is -2.15. The molecule has 2 aliphatic heterocycles. The normalized spacial score (nSPS) is 20.7. The van der Waals surface area contributed by atoms with Crippen LogP contribution in [0.15, 0.2) is 40.9 Å². The number of para-hydroxylation sites is 1. The van der Waals surface area contributed by atoms with Gasteiger partial charge < -0.3 is 19.7 Å². The van der Waals surface area contributed by atoms with E-state index in [9.17, 15) is 13.6 Å². The third kappa shape index (κ3) is 4.35. The van der Waals surface area contributed by atoms with Crippen LogP contribution in [0.2, 0.25) is 0 Å². The first-order valence-electron chi connectivity index (χ1n) is 12.7. The number of nitrogens with zero attached hydrogens (tertiary/aromatic N) is 4. The van der Waals surface area contributed by atoms with Crippen LogP contribution in [-0.2, 0) is 7.05 Å². The van der Waals surface area contributed by atoms with E-state index < -0.39 is 5.92 Å². The van der Waals surface area contributed by atoms with E-state index in [-0.39, 0.29) is 31.8 Å². The van der Waals surface area contributed by atoms with Gasteiger partial charge in [0.05, 0.1) is 22.5 Å². The molecular formula is C27H30BrF2N5O. The predicted octanol–water partition coefficient (Wildman–Crippen LogP) is 6.20. The van der Waals surface area contributed by atoms with Crippen LogP contribution in [0.4, 0.5) is 26.1 Å². The van der Waals surface area contributed by atoms with E-state index in [1.54, 1.807) is 0 Å². The third-order valence-electron chi connectivity index (χ3n) is 8.24. The van der Waals surface area contributed by atoms with E-state index in [1.165, 1.54) is 25.7 Å². The van der Waals surface area contributed by atoms with Crippen LogP contribution in [0, 0.1) is 5.41 Å². The van der Waals surface area contributed by atoms with Gasteiger partial charge in [-0.15, -0.1) is 0 Å². The molecule has 3 aliphatic rings. The van der Waals surface area contributed by atoms with Crippen LogP contribution in [0.5, 0.6) is 0 Å². The topological polar surface area (TPSA) is 53.4 Å². The van der Waals surface area contributed by atoms with Gasteiger partial charge in [-0.25, -0.2) is 13.8 Å². The summed E-state index contributed by atoms with van der Waals surface area (Å²) in [5.41, 5.74) is 4.26. The van der Waals surface area contributed by atoms with Crippen molar-refractivity contribution in [1.29, 1.82) is 0 Å². The number of carbonyl (C=O) groups is 1. The van der Waals surface area contributed by atoms with Gasteiger partial charge in [0.25, 0.3) is 11.8 Å². The molecule has 1 spiro atoms. The van der Waals surface area contributed by atoms with Crippen molar-refractivity contribution in [3.8, 4) is 0 Å². The van der Waals surface area contributed by atoms with Crippen molar-refractivity contribution >= 4 is 50.2 Å². The van der Waals surface area contributed by atoms with E-state index in [4.69, 9.17) is 4.98 Å². The van der Waals surface area contributed by atoms with Crippen molar-refractivity contribution in [3.63, 3.8) is 0 Å². The Morgan fingerprint density at radius 2 is 1.67 bits per heavy atom. The smallest absolute Gasteiger partial charge is 0.257 e. The SMILES string of the molecule is Cn1c(N2CCC(F)(F)CC2)nc2c(NC(=O)c3ccc(Br)cc3N3CCC4(CC3)CC4)cccc21. The lowest BCUT2D eigenvalue weighted by atomic mass is 9.93. The lowest BCUT2D eigenvalue weighted by Gasteiger charge is -2.35. The number of anilines is 3. The molecule has 0 atom stereocenters. The van der Waals surface area contributed by atoms with E-state index in [2.05, 4.69) is 26.1 Å². The third-order valence-corrected chi connectivity index (χ3v) is 8.73. The van der Waals surface area contributed by atoms with Crippen molar-refractivity contribution in [1.82, 2.24) is 9.55 Å². The molecule has 1 saturated carbocycles. The largest absolute Gasteiger partial charge is 0.371 e. The Balaban J connectivity index is 1.27. The lowest BCUT2D eigenvalue weighted by molar-refractivity contribution is -0.0223. The van der Waals surface area contributed by atoms with Gasteiger partial charge in [-0.2, -0.15) is 0 Å². The van der Waals surface area contributed by atoms with Crippen LogP contribution in [0.25, 0.3) is 11.0 Å². The van der Waals surface area contributed by atoms with Gasteiger partial charge in [0.1, 0.15) is 5.52 Å². The highest BCUT2D eigenvalue weighted by Gasteiger charge is 2.44. The molecule has 0 bridgehead atoms. The molecule has 1 N–H and O–H groups in total. The van der Waals surface area contributed by atoms with Gasteiger partial charge in [-0.3, -0.25) is 4.79 Å². The van der Waals surface area contributed by atoms with Gasteiger partial charge >= 0.3 is 0 Å². The zero-order chi connectivity index (χ0) is 25.1. The molecule has 9 heteroatoms. The fraction of sp³-hybridized carbons (Fsp3) is 0.481. The number of amides is 1. The first kappa shape index (κ1) is 23.7. The number of aryl methyl sites for hydroxylation is 1. The second-order valence-electron chi connectivity index (χ2n) is 10.6. The Morgan fingerprint density at radius 1 is 0.972 bits per heavy atom. The molecule has 36 heavy (non-hydrogen) atoms. The molecule has 6 nitrogen and oxygen atoms in total.